The van der Waals surface area contributed by atoms with Gasteiger partial charge >= 0.3 is 0 Å². The number of hydrogen-bond donors (Lipinski definition) is 1. The molecule has 0 radical (unpaired) electrons. The van der Waals surface area contributed by atoms with Crippen LogP contribution in [0.4, 0.5) is 4.39 Å². The molecule has 2 aromatic carbocycles. The molecule has 5 nitrogen and oxygen atoms in total. The molecule has 0 heterocycles. The van der Waals surface area contributed by atoms with Gasteiger partial charge < -0.3 is 0 Å². The third-order valence-corrected chi connectivity index (χ3v) is 5.29. The number of rotatable bonds is 3. The molecule has 2 N–H and O–H groups in total. The highest BCUT2D eigenvalue weighted by Gasteiger charge is 2.26. The molecule has 0 aliphatic rings. The molecule has 0 aliphatic carbocycles. The Morgan fingerprint density at radius 2 is 1.35 bits per heavy atom. The quantitative estimate of drug-likeness (QED) is 0.924. The Balaban J connectivity index is 2.72. The van der Waals surface area contributed by atoms with E-state index in [-0.39, 0.29) is 4.90 Å². The number of halogens is 1. The van der Waals surface area contributed by atoms with Gasteiger partial charge in [-0.3, -0.25) is 0 Å². The van der Waals surface area contributed by atoms with E-state index in [1.807, 2.05) is 0 Å². The summed E-state index contributed by atoms with van der Waals surface area (Å²) in [5, 5.41) is 4.85. The van der Waals surface area contributed by atoms with Crippen LogP contribution >= 0.6 is 0 Å². The van der Waals surface area contributed by atoms with E-state index in [0.29, 0.717) is 0 Å². The number of sulfone groups is 1. The summed E-state index contributed by atoms with van der Waals surface area (Å²) in [6, 6.07) is 10.2. The Bertz CT molecular complexity index is 846. The minimum absolute atomic E-state index is 0.134. The normalized spacial score (nSPS) is 12.3. The van der Waals surface area contributed by atoms with Gasteiger partial charge in [-0.15, -0.1) is 0 Å². The summed E-state index contributed by atoms with van der Waals surface area (Å²) in [5.41, 5.74) is 0. The smallest absolute Gasteiger partial charge is 0.225 e. The predicted molar refractivity (Wildman–Crippen MR) is 69.7 cm³/mol. The molecule has 0 aromatic heterocycles. The van der Waals surface area contributed by atoms with E-state index in [0.717, 1.165) is 18.2 Å². The Morgan fingerprint density at radius 1 is 0.800 bits per heavy atom. The number of sulfonamides is 1. The van der Waals surface area contributed by atoms with Crippen molar-refractivity contribution in [3.63, 3.8) is 0 Å². The van der Waals surface area contributed by atoms with Crippen LogP contribution in [-0.4, -0.2) is 16.8 Å². The van der Waals surface area contributed by atoms with Gasteiger partial charge in [0, 0.05) is 0 Å². The maximum absolute atomic E-state index is 14.1. The van der Waals surface area contributed by atoms with Crippen LogP contribution in [0.3, 0.4) is 0 Å². The van der Waals surface area contributed by atoms with Crippen LogP contribution in [0.15, 0.2) is 63.2 Å². The van der Waals surface area contributed by atoms with Gasteiger partial charge in [-0.2, -0.15) is 0 Å². The van der Waals surface area contributed by atoms with E-state index >= 15 is 0 Å². The molecule has 8 heteroatoms. The first-order valence-corrected chi connectivity index (χ1v) is 8.39. The fraction of sp³-hybridized carbons (Fsp3) is 0. The molecule has 2 aromatic rings. The van der Waals surface area contributed by atoms with Crippen LogP contribution < -0.4 is 5.14 Å². The molecule has 0 saturated heterocycles. The summed E-state index contributed by atoms with van der Waals surface area (Å²) in [7, 11) is -8.49. The van der Waals surface area contributed by atoms with E-state index < -0.39 is 35.5 Å². The SMILES string of the molecule is NS(=O)(=O)c1cccc(S(=O)(=O)c2ccccc2)c1F. The summed E-state index contributed by atoms with van der Waals surface area (Å²) in [6.45, 7) is 0. The zero-order valence-corrected chi connectivity index (χ0v) is 11.7. The molecule has 0 fully saturated rings. The highest BCUT2D eigenvalue weighted by Crippen LogP contribution is 2.26. The summed E-state index contributed by atoms with van der Waals surface area (Å²) < 4.78 is 61.1. The minimum atomic E-state index is -4.34. The molecule has 0 aliphatic heterocycles. The first-order valence-electron chi connectivity index (χ1n) is 5.36. The first-order chi connectivity index (χ1) is 9.24. The summed E-state index contributed by atoms with van der Waals surface area (Å²) in [6.07, 6.45) is 0. The highest BCUT2D eigenvalue weighted by atomic mass is 32.2. The van der Waals surface area contributed by atoms with Crippen molar-refractivity contribution >= 4 is 19.9 Å². The summed E-state index contributed by atoms with van der Waals surface area (Å²) in [4.78, 5) is -1.71. The Labute approximate surface area is 115 Å². The Morgan fingerprint density at radius 3 is 1.90 bits per heavy atom. The fourth-order valence-corrected chi connectivity index (χ4v) is 3.71. The second-order valence-electron chi connectivity index (χ2n) is 3.93. The average Bonchev–Trinajstić information content (AvgIpc) is 2.38. The van der Waals surface area contributed by atoms with E-state index in [1.54, 1.807) is 6.07 Å². The van der Waals surface area contributed by atoms with E-state index in [2.05, 4.69) is 0 Å². The van der Waals surface area contributed by atoms with Crippen LogP contribution in [0.2, 0.25) is 0 Å². The van der Waals surface area contributed by atoms with Crippen molar-refractivity contribution < 1.29 is 21.2 Å². The zero-order valence-electron chi connectivity index (χ0n) is 10.0. The topological polar surface area (TPSA) is 94.3 Å². The van der Waals surface area contributed by atoms with Crippen LogP contribution in [-0.2, 0) is 19.9 Å². The third-order valence-electron chi connectivity index (χ3n) is 2.58. The molecule has 0 saturated carbocycles. The van der Waals surface area contributed by atoms with Crippen LogP contribution in [0.1, 0.15) is 0 Å². The Hall–Kier alpha value is -1.77. The number of nitrogens with two attached hydrogens (primary N) is 1. The van der Waals surface area contributed by atoms with Crippen molar-refractivity contribution in [2.45, 2.75) is 14.7 Å². The van der Waals surface area contributed by atoms with Gasteiger partial charge in [0.2, 0.25) is 19.9 Å². The maximum atomic E-state index is 14.1. The van der Waals surface area contributed by atoms with Gasteiger partial charge in [-0.1, -0.05) is 24.3 Å². The molecule has 2 rings (SSSR count). The second kappa shape index (κ2) is 4.97. The van der Waals surface area contributed by atoms with Gasteiger partial charge in [0.1, 0.15) is 9.79 Å². The molecule has 20 heavy (non-hydrogen) atoms. The predicted octanol–water partition coefficient (Wildman–Crippen LogP) is 1.31. The van der Waals surface area contributed by atoms with Crippen molar-refractivity contribution in [3.05, 3.63) is 54.3 Å². The largest absolute Gasteiger partial charge is 0.241 e. The third kappa shape index (κ3) is 2.58. The lowest BCUT2D eigenvalue weighted by Gasteiger charge is -2.08. The average molecular weight is 315 g/mol. The van der Waals surface area contributed by atoms with Crippen molar-refractivity contribution in [1.82, 2.24) is 0 Å². The van der Waals surface area contributed by atoms with Gasteiger partial charge in [-0.25, -0.2) is 26.4 Å². The zero-order chi connectivity index (χ0) is 15.0. The first kappa shape index (κ1) is 14.6. The lowest BCUT2D eigenvalue weighted by Crippen LogP contribution is -2.16. The van der Waals surface area contributed by atoms with Crippen LogP contribution in [0.25, 0.3) is 0 Å². The van der Waals surface area contributed by atoms with Crippen molar-refractivity contribution in [2.75, 3.05) is 0 Å². The van der Waals surface area contributed by atoms with Crippen molar-refractivity contribution in [2.24, 2.45) is 5.14 Å². The highest BCUT2D eigenvalue weighted by molar-refractivity contribution is 7.91. The standard InChI is InChI=1S/C12H10FNO4S2/c13-12-10(7-4-8-11(12)20(14,17)18)19(15,16)9-5-2-1-3-6-9/h1-8H,(H2,14,17,18). The number of benzene rings is 2. The second-order valence-corrected chi connectivity index (χ2v) is 7.38. The lowest BCUT2D eigenvalue weighted by atomic mass is 10.3. The van der Waals surface area contributed by atoms with E-state index in [4.69, 9.17) is 5.14 Å². The van der Waals surface area contributed by atoms with Gasteiger partial charge in [0.25, 0.3) is 0 Å². The van der Waals surface area contributed by atoms with Crippen molar-refractivity contribution in [3.8, 4) is 0 Å². The number of hydrogen-bond acceptors (Lipinski definition) is 4. The van der Waals surface area contributed by atoms with Gasteiger partial charge in [0.15, 0.2) is 5.82 Å². The summed E-state index contributed by atoms with van der Waals surface area (Å²) in [5.74, 6) is -1.38. The minimum Gasteiger partial charge on any atom is -0.225 e. The monoisotopic (exact) mass is 315 g/mol. The van der Waals surface area contributed by atoms with Gasteiger partial charge in [0.05, 0.1) is 4.90 Å². The molecule has 0 amide bonds. The van der Waals surface area contributed by atoms with E-state index in [9.17, 15) is 21.2 Å². The Kier molecular flexibility index (Phi) is 3.63. The molecule has 0 atom stereocenters. The lowest BCUT2D eigenvalue weighted by molar-refractivity contribution is 0.539. The van der Waals surface area contributed by atoms with Crippen LogP contribution in [0, 0.1) is 5.82 Å². The van der Waals surface area contributed by atoms with Gasteiger partial charge in [-0.05, 0) is 24.3 Å². The molecule has 106 valence electrons. The maximum Gasteiger partial charge on any atom is 0.241 e. The summed E-state index contributed by atoms with van der Waals surface area (Å²) >= 11 is 0. The molecule has 0 spiro atoms. The molecule has 0 bridgehead atoms. The van der Waals surface area contributed by atoms with E-state index in [1.165, 1.54) is 24.3 Å². The molecular formula is C12H10FNO4S2. The fourth-order valence-electron chi connectivity index (χ4n) is 1.64. The molecular weight excluding hydrogens is 305 g/mol. The van der Waals surface area contributed by atoms with Crippen LogP contribution in [0.5, 0.6) is 0 Å². The number of primary sulfonamides is 1. The molecule has 0 unspecified atom stereocenters. The van der Waals surface area contributed by atoms with Crippen molar-refractivity contribution in [1.29, 1.82) is 0 Å².